The lowest BCUT2D eigenvalue weighted by Gasteiger charge is -2.27. The first kappa shape index (κ1) is 19.3. The van der Waals surface area contributed by atoms with Gasteiger partial charge in [-0.05, 0) is 59.3 Å². The third kappa shape index (κ3) is 5.52. The van der Waals surface area contributed by atoms with Crippen molar-refractivity contribution in [3.63, 3.8) is 0 Å². The Morgan fingerprint density at radius 2 is 1.88 bits per heavy atom. The van der Waals surface area contributed by atoms with Gasteiger partial charge in [-0.2, -0.15) is 11.8 Å². The van der Waals surface area contributed by atoms with Gasteiger partial charge in [0, 0.05) is 17.6 Å². The first-order valence-corrected chi connectivity index (χ1v) is 10.7. The van der Waals surface area contributed by atoms with Crippen LogP contribution in [0.2, 0.25) is 0 Å². The highest BCUT2D eigenvalue weighted by molar-refractivity contribution is 9.10. The van der Waals surface area contributed by atoms with Gasteiger partial charge in [0.05, 0.1) is 5.56 Å². The van der Waals surface area contributed by atoms with Crippen LogP contribution >= 0.6 is 27.7 Å². The van der Waals surface area contributed by atoms with E-state index in [0.29, 0.717) is 12.0 Å². The summed E-state index contributed by atoms with van der Waals surface area (Å²) < 4.78 is 0.744. The fourth-order valence-electron chi connectivity index (χ4n) is 2.89. The third-order valence-electron chi connectivity index (χ3n) is 4.25. The molecule has 1 aromatic rings. The van der Waals surface area contributed by atoms with Crippen molar-refractivity contribution in [3.8, 4) is 0 Å². The molecule has 0 radical (unpaired) electrons. The van der Waals surface area contributed by atoms with Gasteiger partial charge >= 0.3 is 0 Å². The maximum absolute atomic E-state index is 12.9. The number of nitrogens with zero attached hydrogens (tertiary/aromatic N) is 1. The van der Waals surface area contributed by atoms with E-state index in [1.807, 2.05) is 29.4 Å². The Labute approximate surface area is 156 Å². The van der Waals surface area contributed by atoms with E-state index >= 15 is 0 Å². The number of nitrogens with one attached hydrogen (secondary N) is 1. The number of thioether (sulfide) groups is 1. The summed E-state index contributed by atoms with van der Waals surface area (Å²) in [4.78, 5) is 27.4. The van der Waals surface area contributed by atoms with Gasteiger partial charge in [-0.15, -0.1) is 0 Å². The molecular formula is C18H25BrN2O2S. The number of hydrogen-bond donors (Lipinski definition) is 1. The average molecular weight is 413 g/mol. The summed E-state index contributed by atoms with van der Waals surface area (Å²) >= 11 is 5.10. The van der Waals surface area contributed by atoms with Crippen LogP contribution in [-0.4, -0.2) is 47.9 Å². The van der Waals surface area contributed by atoms with Crippen molar-refractivity contribution >= 4 is 39.5 Å². The van der Waals surface area contributed by atoms with Gasteiger partial charge < -0.3 is 10.2 Å². The number of carbonyl (C=O) groups excluding carboxylic acids is 2. The van der Waals surface area contributed by atoms with E-state index < -0.39 is 6.04 Å². The number of halogens is 1. The molecule has 2 rings (SSSR count). The van der Waals surface area contributed by atoms with E-state index in [-0.39, 0.29) is 11.8 Å². The summed E-state index contributed by atoms with van der Waals surface area (Å²) in [6, 6.07) is 6.85. The Morgan fingerprint density at radius 3 is 2.50 bits per heavy atom. The van der Waals surface area contributed by atoms with E-state index in [1.165, 1.54) is 12.8 Å². The highest BCUT2D eigenvalue weighted by Gasteiger charge is 2.26. The van der Waals surface area contributed by atoms with Crippen molar-refractivity contribution < 1.29 is 9.59 Å². The standard InChI is InChI=1S/C18H25BrN2O2S/c1-24-13-10-16(18(23)21-11-6-2-3-7-12-21)20-17(22)14-8-4-5-9-15(14)19/h4-5,8-9,16H,2-3,6-7,10-13H2,1H3,(H,20,22)/t16-/m1/s1. The molecule has 6 heteroatoms. The quantitative estimate of drug-likeness (QED) is 0.774. The zero-order valence-corrected chi connectivity index (χ0v) is 16.5. The van der Waals surface area contributed by atoms with Crippen molar-refractivity contribution in [1.82, 2.24) is 10.2 Å². The first-order valence-electron chi connectivity index (χ1n) is 8.46. The molecule has 1 heterocycles. The molecule has 0 aromatic heterocycles. The van der Waals surface area contributed by atoms with Crippen LogP contribution in [0.3, 0.4) is 0 Å². The number of rotatable bonds is 6. The van der Waals surface area contributed by atoms with Gasteiger partial charge in [0.15, 0.2) is 0 Å². The molecule has 132 valence electrons. The minimum atomic E-state index is -0.449. The molecule has 2 amide bonds. The van der Waals surface area contributed by atoms with Crippen LogP contribution in [-0.2, 0) is 4.79 Å². The van der Waals surface area contributed by atoms with Crippen LogP contribution in [0.4, 0.5) is 0 Å². The first-order chi connectivity index (χ1) is 11.6. The number of likely N-dealkylation sites (tertiary alicyclic amines) is 1. The molecule has 1 fully saturated rings. The van der Waals surface area contributed by atoms with Gasteiger partial charge in [-0.25, -0.2) is 0 Å². The SMILES string of the molecule is CSCC[C@@H](NC(=O)c1ccccc1Br)C(=O)N1CCCCCC1. The smallest absolute Gasteiger partial charge is 0.253 e. The lowest BCUT2D eigenvalue weighted by molar-refractivity contribution is -0.133. The number of hydrogen-bond acceptors (Lipinski definition) is 3. The second-order valence-electron chi connectivity index (χ2n) is 6.03. The Morgan fingerprint density at radius 1 is 1.21 bits per heavy atom. The number of amides is 2. The fraction of sp³-hybridized carbons (Fsp3) is 0.556. The third-order valence-corrected chi connectivity index (χ3v) is 5.59. The summed E-state index contributed by atoms with van der Waals surface area (Å²) in [7, 11) is 0. The summed E-state index contributed by atoms with van der Waals surface area (Å²) in [6.45, 7) is 1.61. The van der Waals surface area contributed by atoms with Crippen LogP contribution in [0.15, 0.2) is 28.7 Å². The molecule has 0 spiro atoms. The maximum Gasteiger partial charge on any atom is 0.253 e. The van der Waals surface area contributed by atoms with Gasteiger partial charge in [-0.1, -0.05) is 25.0 Å². The molecule has 1 aliphatic rings. The van der Waals surface area contributed by atoms with Crippen LogP contribution in [0.1, 0.15) is 42.5 Å². The van der Waals surface area contributed by atoms with Gasteiger partial charge in [0.1, 0.15) is 6.04 Å². The lowest BCUT2D eigenvalue weighted by atomic mass is 10.1. The minimum Gasteiger partial charge on any atom is -0.341 e. The summed E-state index contributed by atoms with van der Waals surface area (Å²) in [5.41, 5.74) is 0.565. The fourth-order valence-corrected chi connectivity index (χ4v) is 3.82. The zero-order chi connectivity index (χ0) is 17.4. The largest absolute Gasteiger partial charge is 0.341 e. The minimum absolute atomic E-state index is 0.0614. The summed E-state index contributed by atoms with van der Waals surface area (Å²) in [5.74, 6) is 0.712. The van der Waals surface area contributed by atoms with Crippen molar-refractivity contribution in [1.29, 1.82) is 0 Å². The molecule has 4 nitrogen and oxygen atoms in total. The molecule has 1 saturated heterocycles. The summed E-state index contributed by atoms with van der Waals surface area (Å²) in [5, 5.41) is 2.95. The molecule has 0 bridgehead atoms. The van der Waals surface area contributed by atoms with Crippen molar-refractivity contribution in [2.45, 2.75) is 38.1 Å². The van der Waals surface area contributed by atoms with E-state index in [9.17, 15) is 9.59 Å². The molecule has 1 aliphatic heterocycles. The van der Waals surface area contributed by atoms with E-state index in [4.69, 9.17) is 0 Å². The number of benzene rings is 1. The van der Waals surface area contributed by atoms with Crippen LogP contribution in [0.5, 0.6) is 0 Å². The van der Waals surface area contributed by atoms with Crippen molar-refractivity contribution in [3.05, 3.63) is 34.3 Å². The molecule has 1 aromatic carbocycles. The van der Waals surface area contributed by atoms with Gasteiger partial charge in [-0.3, -0.25) is 9.59 Å². The Hall–Kier alpha value is -1.01. The van der Waals surface area contributed by atoms with Crippen LogP contribution < -0.4 is 5.32 Å². The second kappa shape index (κ2) is 10.1. The summed E-state index contributed by atoms with van der Waals surface area (Å²) in [6.07, 6.45) is 7.15. The lowest BCUT2D eigenvalue weighted by Crippen LogP contribution is -2.49. The van der Waals surface area contributed by atoms with Crippen LogP contribution in [0.25, 0.3) is 0 Å². The topological polar surface area (TPSA) is 49.4 Å². The molecule has 1 atom stereocenters. The van der Waals surface area contributed by atoms with Gasteiger partial charge in [0.2, 0.25) is 5.91 Å². The van der Waals surface area contributed by atoms with Gasteiger partial charge in [0.25, 0.3) is 5.91 Å². The average Bonchev–Trinajstić information content (AvgIpc) is 2.87. The van der Waals surface area contributed by atoms with Crippen molar-refractivity contribution in [2.24, 2.45) is 0 Å². The molecule has 1 N–H and O–H groups in total. The predicted octanol–water partition coefficient (Wildman–Crippen LogP) is 3.70. The highest BCUT2D eigenvalue weighted by Crippen LogP contribution is 2.17. The second-order valence-corrected chi connectivity index (χ2v) is 7.87. The molecule has 0 saturated carbocycles. The van der Waals surface area contributed by atoms with Crippen LogP contribution in [0, 0.1) is 0 Å². The Kier molecular flexibility index (Phi) is 8.12. The Bertz CT molecular complexity index is 560. The number of carbonyl (C=O) groups is 2. The van der Waals surface area contributed by atoms with Crippen molar-refractivity contribution in [2.75, 3.05) is 25.1 Å². The van der Waals surface area contributed by atoms with E-state index in [1.54, 1.807) is 17.8 Å². The van der Waals surface area contributed by atoms with E-state index in [2.05, 4.69) is 21.2 Å². The molecule has 24 heavy (non-hydrogen) atoms. The highest BCUT2D eigenvalue weighted by atomic mass is 79.9. The molecule has 0 unspecified atom stereocenters. The normalized spacial score (nSPS) is 16.3. The predicted molar refractivity (Wildman–Crippen MR) is 103 cm³/mol. The molecule has 0 aliphatic carbocycles. The molecular weight excluding hydrogens is 388 g/mol. The monoisotopic (exact) mass is 412 g/mol. The van der Waals surface area contributed by atoms with E-state index in [0.717, 1.165) is 36.2 Å². The maximum atomic E-state index is 12.9. The Balaban J connectivity index is 2.07. The zero-order valence-electron chi connectivity index (χ0n) is 14.1.